The Kier molecular flexibility index (Phi) is 9.62. The van der Waals surface area contributed by atoms with Crippen LogP contribution < -0.4 is 0 Å². The smallest absolute Gasteiger partial charge is 0.220 e. The summed E-state index contributed by atoms with van der Waals surface area (Å²) in [5.74, 6) is 0. The van der Waals surface area contributed by atoms with Gasteiger partial charge in [-0.3, -0.25) is 10.1 Å². The quantitative estimate of drug-likeness (QED) is 0.292. The predicted molar refractivity (Wildman–Crippen MR) is 71.6 cm³/mol. The molecular weight excluding hydrogens is 246 g/mol. The van der Waals surface area contributed by atoms with Crippen LogP contribution in [0.25, 0.3) is 0 Å². The maximum absolute atomic E-state index is 10.5. The van der Waals surface area contributed by atoms with Gasteiger partial charge in [0.1, 0.15) is 0 Å². The van der Waals surface area contributed by atoms with Gasteiger partial charge < -0.3 is 4.74 Å². The Balaban J connectivity index is 3.98. The third-order valence-corrected chi connectivity index (χ3v) is 3.44. The summed E-state index contributed by atoms with van der Waals surface area (Å²) in [6.45, 7) is 4.44. The van der Waals surface area contributed by atoms with Crippen LogP contribution in [0.4, 0.5) is 0 Å². The highest BCUT2D eigenvalue weighted by Crippen LogP contribution is 2.20. The van der Waals surface area contributed by atoms with Gasteiger partial charge in [-0.15, -0.1) is 0 Å². The number of thioether (sulfide) groups is 1. The molecule has 0 bridgehead atoms. The molecule has 0 fully saturated rings. The lowest BCUT2D eigenvalue weighted by Crippen LogP contribution is -2.19. The summed E-state index contributed by atoms with van der Waals surface area (Å²) in [6, 6.07) is 0. The monoisotopic (exact) mass is 265 g/mol. The van der Waals surface area contributed by atoms with Crippen LogP contribution >= 0.6 is 24.0 Å². The van der Waals surface area contributed by atoms with E-state index in [4.69, 9.17) is 17.0 Å². The van der Waals surface area contributed by atoms with Crippen LogP contribution in [0.15, 0.2) is 0 Å². The largest absolute Gasteiger partial charge is 0.479 e. The summed E-state index contributed by atoms with van der Waals surface area (Å²) in [5, 5.41) is 10.4. The number of hydrogen-bond acceptors (Lipinski definition) is 5. The van der Waals surface area contributed by atoms with E-state index in [1.165, 1.54) is 11.8 Å². The average molecular weight is 265 g/mol. The fraction of sp³-hybridized carbons (Fsp3) is 0.900. The molecule has 0 aliphatic rings. The van der Waals surface area contributed by atoms with Gasteiger partial charge in [0.05, 0.1) is 11.9 Å². The van der Waals surface area contributed by atoms with Gasteiger partial charge in [-0.05, 0) is 25.6 Å². The fourth-order valence-electron chi connectivity index (χ4n) is 1.26. The third kappa shape index (κ3) is 8.91. The lowest BCUT2D eigenvalue weighted by molar-refractivity contribution is -0.479. The van der Waals surface area contributed by atoms with E-state index in [0.29, 0.717) is 11.0 Å². The van der Waals surface area contributed by atoms with Crippen molar-refractivity contribution in [1.29, 1.82) is 0 Å². The first kappa shape index (κ1) is 15.6. The summed E-state index contributed by atoms with van der Waals surface area (Å²) in [6.07, 6.45) is 4.06. The number of ether oxygens (including phenoxy) is 1. The molecule has 0 saturated heterocycles. The van der Waals surface area contributed by atoms with Crippen molar-refractivity contribution in [1.82, 2.24) is 0 Å². The van der Waals surface area contributed by atoms with Crippen molar-refractivity contribution in [3.63, 3.8) is 0 Å². The molecule has 0 spiro atoms. The first-order valence-electron chi connectivity index (χ1n) is 5.55. The molecule has 0 aromatic rings. The Bertz CT molecular complexity index is 224. The van der Waals surface area contributed by atoms with Crippen molar-refractivity contribution in [2.24, 2.45) is 0 Å². The lowest BCUT2D eigenvalue weighted by atomic mass is 10.1. The molecular formula is C10H19NO3S2. The van der Waals surface area contributed by atoms with E-state index in [2.05, 4.69) is 6.92 Å². The molecule has 1 unspecified atom stereocenters. The Hall–Kier alpha value is -0.360. The van der Waals surface area contributed by atoms with Gasteiger partial charge in [0.15, 0.2) is 0 Å². The molecule has 4 nitrogen and oxygen atoms in total. The van der Waals surface area contributed by atoms with Crippen LogP contribution in [0.3, 0.4) is 0 Å². The van der Waals surface area contributed by atoms with Gasteiger partial charge in [-0.1, -0.05) is 37.9 Å². The van der Waals surface area contributed by atoms with Crippen LogP contribution in [0.1, 0.15) is 39.5 Å². The average Bonchev–Trinajstić information content (AvgIpc) is 2.17. The Morgan fingerprint density at radius 2 is 2.19 bits per heavy atom. The van der Waals surface area contributed by atoms with Crippen molar-refractivity contribution < 1.29 is 9.66 Å². The topological polar surface area (TPSA) is 52.4 Å². The van der Waals surface area contributed by atoms with Crippen LogP contribution in [0.2, 0.25) is 0 Å². The van der Waals surface area contributed by atoms with E-state index in [0.717, 1.165) is 25.7 Å². The standard InChI is InChI=1S/C10H19NO3S2/c1-3-5-6-7-9(8-11(12)13)16-10(15)14-4-2/h9H,3-8H2,1-2H3. The zero-order chi connectivity index (χ0) is 12.4. The van der Waals surface area contributed by atoms with Gasteiger partial charge in [0.2, 0.25) is 10.9 Å². The zero-order valence-electron chi connectivity index (χ0n) is 9.81. The summed E-state index contributed by atoms with van der Waals surface area (Å²) >= 11 is 6.29. The van der Waals surface area contributed by atoms with Crippen LogP contribution in [-0.2, 0) is 4.74 Å². The Labute approximate surface area is 106 Å². The van der Waals surface area contributed by atoms with Crippen LogP contribution in [0, 0.1) is 10.1 Å². The number of hydrogen-bond donors (Lipinski definition) is 0. The summed E-state index contributed by atoms with van der Waals surface area (Å²) in [7, 11) is 0. The molecule has 94 valence electrons. The van der Waals surface area contributed by atoms with Gasteiger partial charge in [-0.25, -0.2) is 0 Å². The minimum atomic E-state index is -0.280. The summed E-state index contributed by atoms with van der Waals surface area (Å²) in [5.41, 5.74) is 0. The zero-order valence-corrected chi connectivity index (χ0v) is 11.4. The number of rotatable bonds is 8. The van der Waals surface area contributed by atoms with Gasteiger partial charge in [0, 0.05) is 4.92 Å². The van der Waals surface area contributed by atoms with Crippen molar-refractivity contribution in [2.75, 3.05) is 13.2 Å². The number of nitro groups is 1. The van der Waals surface area contributed by atoms with Gasteiger partial charge in [-0.2, -0.15) is 0 Å². The molecule has 1 atom stereocenters. The highest BCUT2D eigenvalue weighted by molar-refractivity contribution is 8.23. The fourth-order valence-corrected chi connectivity index (χ4v) is 2.73. The first-order chi connectivity index (χ1) is 7.60. The molecule has 0 N–H and O–H groups in total. The highest BCUT2D eigenvalue weighted by Gasteiger charge is 2.18. The highest BCUT2D eigenvalue weighted by atomic mass is 32.2. The third-order valence-electron chi connectivity index (χ3n) is 2.01. The molecule has 0 aromatic carbocycles. The number of unbranched alkanes of at least 4 members (excludes halogenated alkanes) is 2. The molecule has 6 heteroatoms. The normalized spacial score (nSPS) is 12.1. The molecule has 0 heterocycles. The van der Waals surface area contributed by atoms with E-state index in [1.54, 1.807) is 0 Å². The Morgan fingerprint density at radius 1 is 1.50 bits per heavy atom. The molecule has 16 heavy (non-hydrogen) atoms. The minimum Gasteiger partial charge on any atom is -0.479 e. The summed E-state index contributed by atoms with van der Waals surface area (Å²) < 4.78 is 5.55. The van der Waals surface area contributed by atoms with E-state index >= 15 is 0 Å². The number of nitrogens with zero attached hydrogens (tertiary/aromatic N) is 1. The van der Waals surface area contributed by atoms with Crippen molar-refractivity contribution >= 4 is 28.4 Å². The van der Waals surface area contributed by atoms with Crippen molar-refractivity contribution in [2.45, 2.75) is 44.8 Å². The molecule has 0 aliphatic carbocycles. The number of thiocarbonyl (C=S) groups is 1. The first-order valence-corrected chi connectivity index (χ1v) is 6.84. The molecule has 0 aromatic heterocycles. The molecule has 0 radical (unpaired) electrons. The van der Waals surface area contributed by atoms with Gasteiger partial charge >= 0.3 is 0 Å². The van der Waals surface area contributed by atoms with E-state index < -0.39 is 0 Å². The van der Waals surface area contributed by atoms with Crippen molar-refractivity contribution in [3.8, 4) is 0 Å². The lowest BCUT2D eigenvalue weighted by Gasteiger charge is -2.12. The van der Waals surface area contributed by atoms with Crippen LogP contribution in [0.5, 0.6) is 0 Å². The minimum absolute atomic E-state index is 0.0401. The maximum Gasteiger partial charge on any atom is 0.220 e. The van der Waals surface area contributed by atoms with E-state index in [1.807, 2.05) is 6.92 Å². The van der Waals surface area contributed by atoms with E-state index in [9.17, 15) is 10.1 Å². The second-order valence-corrected chi connectivity index (χ2v) is 5.34. The van der Waals surface area contributed by atoms with Crippen LogP contribution in [-0.4, -0.2) is 27.7 Å². The SMILES string of the molecule is CCCCCC(C[N+](=O)[O-])SC(=S)OCC. The van der Waals surface area contributed by atoms with Gasteiger partial charge in [0.25, 0.3) is 0 Å². The maximum atomic E-state index is 10.5. The molecule has 0 amide bonds. The summed E-state index contributed by atoms with van der Waals surface area (Å²) in [4.78, 5) is 10.2. The Morgan fingerprint density at radius 3 is 2.69 bits per heavy atom. The van der Waals surface area contributed by atoms with Crippen molar-refractivity contribution in [3.05, 3.63) is 10.1 Å². The second-order valence-electron chi connectivity index (χ2n) is 3.43. The molecule has 0 aliphatic heterocycles. The second kappa shape index (κ2) is 9.84. The van der Waals surface area contributed by atoms with E-state index in [-0.39, 0.29) is 16.7 Å². The predicted octanol–water partition coefficient (Wildman–Crippen LogP) is 3.27. The molecule has 0 saturated carbocycles. The molecule has 0 rings (SSSR count).